The number of hydrogen-bond acceptors (Lipinski definition) is 4. The van der Waals surface area contributed by atoms with Crippen molar-refractivity contribution >= 4 is 11.9 Å². The van der Waals surface area contributed by atoms with Gasteiger partial charge in [-0.2, -0.15) is 0 Å². The number of aliphatic carboxylic acids is 1. The number of aliphatic hydroxyl groups is 1. The number of rotatable bonds is 4. The SMILES string of the molecule is CC(=O)O[C@H]1CC[C@@]2(C)C(=CC[C@H]3[C@@H]4CC[C@H]([C@@](C)(O)/C=C\C(=O)O)[C@@]4(C)CC[C@@H]32)C1. The molecule has 0 aromatic rings. The van der Waals surface area contributed by atoms with E-state index in [9.17, 15) is 14.7 Å². The maximum Gasteiger partial charge on any atom is 0.328 e. The first-order valence-electron chi connectivity index (χ1n) is 12.0. The molecule has 0 saturated heterocycles. The summed E-state index contributed by atoms with van der Waals surface area (Å²) >= 11 is 0. The van der Waals surface area contributed by atoms with Crippen molar-refractivity contribution in [2.45, 2.75) is 90.8 Å². The normalized spacial score (nSPS) is 43.9. The van der Waals surface area contributed by atoms with Crippen LogP contribution >= 0.6 is 0 Å². The fourth-order valence-corrected chi connectivity index (χ4v) is 8.28. The molecule has 0 spiro atoms. The van der Waals surface area contributed by atoms with Gasteiger partial charge in [-0.3, -0.25) is 4.79 Å². The highest BCUT2D eigenvalue weighted by atomic mass is 16.5. The number of ether oxygens (including phenoxy) is 1. The Hall–Kier alpha value is -1.62. The zero-order valence-electron chi connectivity index (χ0n) is 19.4. The molecule has 8 atom stereocenters. The van der Waals surface area contributed by atoms with E-state index in [2.05, 4.69) is 19.9 Å². The third-order valence-electron chi connectivity index (χ3n) is 9.66. The van der Waals surface area contributed by atoms with Crippen LogP contribution in [0.5, 0.6) is 0 Å². The molecule has 172 valence electrons. The van der Waals surface area contributed by atoms with Gasteiger partial charge in [0.1, 0.15) is 6.10 Å². The van der Waals surface area contributed by atoms with Crippen LogP contribution in [0.4, 0.5) is 0 Å². The average molecular weight is 431 g/mol. The van der Waals surface area contributed by atoms with Crippen LogP contribution in [0, 0.1) is 34.5 Å². The van der Waals surface area contributed by atoms with E-state index >= 15 is 0 Å². The Morgan fingerprint density at radius 1 is 1.16 bits per heavy atom. The van der Waals surface area contributed by atoms with Gasteiger partial charge in [0, 0.05) is 19.4 Å². The second-order valence-electron chi connectivity index (χ2n) is 11.3. The second-order valence-corrected chi connectivity index (χ2v) is 11.3. The molecule has 0 heterocycles. The molecule has 3 saturated carbocycles. The summed E-state index contributed by atoms with van der Waals surface area (Å²) in [6, 6.07) is 0. The molecule has 5 nitrogen and oxygen atoms in total. The number of carbonyl (C=O) groups is 2. The van der Waals surface area contributed by atoms with Crippen LogP contribution in [0.1, 0.15) is 79.1 Å². The van der Waals surface area contributed by atoms with Crippen molar-refractivity contribution in [2.24, 2.45) is 34.5 Å². The lowest BCUT2D eigenvalue weighted by Crippen LogP contribution is -2.52. The van der Waals surface area contributed by atoms with E-state index in [1.54, 1.807) is 6.92 Å². The van der Waals surface area contributed by atoms with Gasteiger partial charge in [-0.05, 0) is 92.4 Å². The summed E-state index contributed by atoms with van der Waals surface area (Å²) in [5.41, 5.74) is 0.603. The summed E-state index contributed by atoms with van der Waals surface area (Å²) in [4.78, 5) is 22.5. The highest BCUT2D eigenvalue weighted by Gasteiger charge is 2.61. The molecular formula is C26H38O5. The minimum absolute atomic E-state index is 0.0224. The standard InChI is InChI=1S/C26H38O5/c1-16(27)31-18-9-12-24(2)17(15-18)5-6-19-20-7-8-22(25(20,3)13-10-21(19)24)26(4,30)14-11-23(28)29/h5,11,14,18-22,30H,6-10,12-13,15H2,1-4H3,(H,28,29)/b14-11-/t18-,19-,20-,21-,22-,24-,25-,26-/m0/s1. The predicted octanol–water partition coefficient (Wildman–Crippen LogP) is 4.89. The molecule has 4 rings (SSSR count). The van der Waals surface area contributed by atoms with Crippen molar-refractivity contribution in [3.63, 3.8) is 0 Å². The lowest BCUT2D eigenvalue weighted by atomic mass is 9.46. The van der Waals surface area contributed by atoms with Gasteiger partial charge in [0.15, 0.2) is 0 Å². The van der Waals surface area contributed by atoms with Gasteiger partial charge in [0.2, 0.25) is 0 Å². The van der Waals surface area contributed by atoms with Gasteiger partial charge < -0.3 is 14.9 Å². The fraction of sp³-hybridized carbons (Fsp3) is 0.769. The highest BCUT2D eigenvalue weighted by molar-refractivity contribution is 5.79. The smallest absolute Gasteiger partial charge is 0.328 e. The van der Waals surface area contributed by atoms with Gasteiger partial charge >= 0.3 is 11.9 Å². The first-order valence-corrected chi connectivity index (χ1v) is 12.0. The molecule has 31 heavy (non-hydrogen) atoms. The summed E-state index contributed by atoms with van der Waals surface area (Å²) in [5, 5.41) is 20.2. The van der Waals surface area contributed by atoms with Crippen LogP contribution < -0.4 is 0 Å². The van der Waals surface area contributed by atoms with Gasteiger partial charge in [0.25, 0.3) is 0 Å². The molecule has 0 aliphatic heterocycles. The Kier molecular flexibility index (Phi) is 5.65. The minimum atomic E-state index is -1.10. The highest BCUT2D eigenvalue weighted by Crippen LogP contribution is 2.67. The van der Waals surface area contributed by atoms with Crippen molar-refractivity contribution < 1.29 is 24.5 Å². The number of hydrogen-bond donors (Lipinski definition) is 2. The lowest BCUT2D eigenvalue weighted by molar-refractivity contribution is -0.149. The molecule has 0 radical (unpaired) electrons. The Labute approximate surface area is 185 Å². The molecule has 5 heteroatoms. The largest absolute Gasteiger partial charge is 0.478 e. The van der Waals surface area contributed by atoms with Gasteiger partial charge in [0.05, 0.1) is 5.60 Å². The summed E-state index contributed by atoms with van der Waals surface area (Å²) in [7, 11) is 0. The van der Waals surface area contributed by atoms with Crippen molar-refractivity contribution in [3.8, 4) is 0 Å². The molecular weight excluding hydrogens is 392 g/mol. The van der Waals surface area contributed by atoms with E-state index in [1.165, 1.54) is 18.6 Å². The summed E-state index contributed by atoms with van der Waals surface area (Å²) in [5.74, 6) is 0.702. The van der Waals surface area contributed by atoms with E-state index in [4.69, 9.17) is 9.84 Å². The molecule has 0 aromatic heterocycles. The molecule has 0 aromatic carbocycles. The monoisotopic (exact) mass is 430 g/mol. The zero-order valence-corrected chi connectivity index (χ0v) is 19.4. The maximum atomic E-state index is 11.4. The Morgan fingerprint density at radius 2 is 1.90 bits per heavy atom. The lowest BCUT2D eigenvalue weighted by Gasteiger charge is -2.58. The van der Waals surface area contributed by atoms with Crippen LogP contribution in [0.2, 0.25) is 0 Å². The molecule has 0 unspecified atom stereocenters. The fourth-order valence-electron chi connectivity index (χ4n) is 8.28. The topological polar surface area (TPSA) is 83.8 Å². The number of allylic oxidation sites excluding steroid dienone is 1. The predicted molar refractivity (Wildman–Crippen MR) is 118 cm³/mol. The minimum Gasteiger partial charge on any atom is -0.478 e. The quantitative estimate of drug-likeness (QED) is 0.377. The van der Waals surface area contributed by atoms with Crippen molar-refractivity contribution in [1.82, 2.24) is 0 Å². The van der Waals surface area contributed by atoms with E-state index in [-0.39, 0.29) is 28.8 Å². The van der Waals surface area contributed by atoms with Gasteiger partial charge in [-0.15, -0.1) is 0 Å². The first-order chi connectivity index (χ1) is 14.5. The van der Waals surface area contributed by atoms with Crippen LogP contribution in [-0.4, -0.2) is 33.9 Å². The summed E-state index contributed by atoms with van der Waals surface area (Å²) in [6.45, 7) is 8.06. The number of esters is 1. The molecule has 0 bridgehead atoms. The Bertz CT molecular complexity index is 811. The summed E-state index contributed by atoms with van der Waals surface area (Å²) < 4.78 is 5.54. The first kappa shape index (κ1) is 22.6. The maximum absolute atomic E-state index is 11.4. The van der Waals surface area contributed by atoms with Crippen LogP contribution in [0.3, 0.4) is 0 Å². The van der Waals surface area contributed by atoms with Crippen LogP contribution in [-0.2, 0) is 14.3 Å². The van der Waals surface area contributed by atoms with E-state index in [0.29, 0.717) is 17.8 Å². The molecule has 4 aliphatic rings. The Balaban J connectivity index is 1.56. The van der Waals surface area contributed by atoms with E-state index < -0.39 is 11.6 Å². The van der Waals surface area contributed by atoms with E-state index in [0.717, 1.165) is 57.4 Å². The van der Waals surface area contributed by atoms with Crippen LogP contribution in [0.25, 0.3) is 0 Å². The third-order valence-corrected chi connectivity index (χ3v) is 9.66. The average Bonchev–Trinajstić information content (AvgIpc) is 3.04. The van der Waals surface area contributed by atoms with Crippen molar-refractivity contribution in [1.29, 1.82) is 0 Å². The Morgan fingerprint density at radius 3 is 2.58 bits per heavy atom. The van der Waals surface area contributed by atoms with Gasteiger partial charge in [-0.1, -0.05) is 25.5 Å². The number of carbonyl (C=O) groups excluding carboxylic acids is 1. The molecule has 0 amide bonds. The van der Waals surface area contributed by atoms with Gasteiger partial charge in [-0.25, -0.2) is 4.79 Å². The number of fused-ring (bicyclic) bond motifs is 5. The molecule has 2 N–H and O–H groups in total. The van der Waals surface area contributed by atoms with Crippen molar-refractivity contribution in [2.75, 3.05) is 0 Å². The van der Waals surface area contributed by atoms with Crippen molar-refractivity contribution in [3.05, 3.63) is 23.8 Å². The zero-order chi connectivity index (χ0) is 22.6. The van der Waals surface area contributed by atoms with E-state index in [1.807, 2.05) is 0 Å². The molecule has 4 aliphatic carbocycles. The summed E-state index contributed by atoms with van der Waals surface area (Å²) in [6.07, 6.45) is 13.3. The van der Waals surface area contributed by atoms with Crippen LogP contribution in [0.15, 0.2) is 23.8 Å². The number of carboxylic acid groups (broad SMARTS) is 1. The number of carboxylic acids is 1. The molecule has 3 fully saturated rings. The third kappa shape index (κ3) is 3.77. The second kappa shape index (κ2) is 7.75.